The highest BCUT2D eigenvalue weighted by Crippen LogP contribution is 2.26. The zero-order chi connectivity index (χ0) is 11.4. The predicted octanol–water partition coefficient (Wildman–Crippen LogP) is 2.65. The minimum absolute atomic E-state index is 0.103. The van der Waals surface area contributed by atoms with Crippen LogP contribution in [0.15, 0.2) is 27.8 Å². The van der Waals surface area contributed by atoms with E-state index in [0.29, 0.717) is 5.02 Å². The van der Waals surface area contributed by atoms with Gasteiger partial charge in [-0.1, -0.05) is 32.7 Å². The predicted molar refractivity (Wildman–Crippen MR) is 65.6 cm³/mol. The van der Waals surface area contributed by atoms with Crippen molar-refractivity contribution in [2.75, 3.05) is 5.32 Å². The summed E-state index contributed by atoms with van der Waals surface area (Å²) in [6.45, 7) is 1.77. The molecule has 1 atom stereocenters. The minimum atomic E-state index is -0.290. The highest BCUT2D eigenvalue weighted by atomic mass is 79.9. The van der Waals surface area contributed by atoms with E-state index in [9.17, 15) is 0 Å². The molecule has 0 amide bonds. The van der Waals surface area contributed by atoms with Crippen LogP contribution in [0.3, 0.4) is 0 Å². The Bertz CT molecular complexity index is 384. The summed E-state index contributed by atoms with van der Waals surface area (Å²) in [5, 5.41) is 15.0. The summed E-state index contributed by atoms with van der Waals surface area (Å²) >= 11 is 9.29. The van der Waals surface area contributed by atoms with Gasteiger partial charge in [0.05, 0.1) is 16.8 Å². The highest BCUT2D eigenvalue weighted by molar-refractivity contribution is 9.10. The monoisotopic (exact) mass is 291 g/mol. The first kappa shape index (κ1) is 12.1. The number of anilines is 1. The number of hydrogen-bond donors (Lipinski definition) is 3. The van der Waals surface area contributed by atoms with Crippen LogP contribution in [0.5, 0.6) is 0 Å². The van der Waals surface area contributed by atoms with Crippen LogP contribution in [-0.4, -0.2) is 17.1 Å². The van der Waals surface area contributed by atoms with Crippen LogP contribution in [0.2, 0.25) is 5.02 Å². The van der Waals surface area contributed by atoms with Crippen LogP contribution in [-0.2, 0) is 0 Å². The molecule has 0 saturated heterocycles. The van der Waals surface area contributed by atoms with E-state index in [-0.39, 0.29) is 11.9 Å². The Morgan fingerprint density at radius 1 is 1.67 bits per heavy atom. The van der Waals surface area contributed by atoms with Crippen molar-refractivity contribution in [2.24, 2.45) is 10.9 Å². The van der Waals surface area contributed by atoms with Gasteiger partial charge < -0.3 is 16.3 Å². The maximum absolute atomic E-state index is 8.49. The number of halogens is 2. The van der Waals surface area contributed by atoms with Gasteiger partial charge in [0.2, 0.25) is 0 Å². The molecule has 0 aliphatic heterocycles. The summed E-state index contributed by atoms with van der Waals surface area (Å²) in [4.78, 5) is 0. The number of amidine groups is 1. The number of nitrogens with two attached hydrogens (primary N) is 1. The van der Waals surface area contributed by atoms with Crippen molar-refractivity contribution >= 4 is 39.1 Å². The first-order valence-corrected chi connectivity index (χ1v) is 5.40. The number of benzene rings is 1. The van der Waals surface area contributed by atoms with E-state index in [2.05, 4.69) is 26.4 Å². The molecule has 4 nitrogen and oxygen atoms in total. The maximum atomic E-state index is 8.49. The van der Waals surface area contributed by atoms with Crippen LogP contribution in [0.1, 0.15) is 6.92 Å². The minimum Gasteiger partial charge on any atom is -0.409 e. The lowest BCUT2D eigenvalue weighted by molar-refractivity contribution is 0.316. The van der Waals surface area contributed by atoms with Crippen LogP contribution in [0.4, 0.5) is 5.69 Å². The van der Waals surface area contributed by atoms with Gasteiger partial charge in [-0.2, -0.15) is 0 Å². The Morgan fingerprint density at radius 2 is 2.33 bits per heavy atom. The second kappa shape index (κ2) is 5.23. The molecular weight excluding hydrogens is 281 g/mol. The van der Waals surface area contributed by atoms with Gasteiger partial charge in [0.1, 0.15) is 0 Å². The quantitative estimate of drug-likeness (QED) is 0.347. The largest absolute Gasteiger partial charge is 0.409 e. The fraction of sp³-hybridized carbons (Fsp3) is 0.222. The summed E-state index contributed by atoms with van der Waals surface area (Å²) in [7, 11) is 0. The smallest absolute Gasteiger partial charge is 0.161 e. The molecule has 0 fully saturated rings. The van der Waals surface area contributed by atoms with Crippen molar-refractivity contribution in [1.82, 2.24) is 0 Å². The van der Waals surface area contributed by atoms with Gasteiger partial charge in [-0.05, 0) is 25.1 Å². The lowest BCUT2D eigenvalue weighted by Crippen LogP contribution is -2.32. The van der Waals surface area contributed by atoms with Crippen LogP contribution < -0.4 is 11.1 Å². The summed E-state index contributed by atoms with van der Waals surface area (Å²) in [5.41, 5.74) is 6.16. The van der Waals surface area contributed by atoms with Crippen LogP contribution in [0, 0.1) is 0 Å². The first-order chi connectivity index (χ1) is 7.04. The lowest BCUT2D eigenvalue weighted by Gasteiger charge is -2.14. The van der Waals surface area contributed by atoms with Crippen LogP contribution >= 0.6 is 27.5 Å². The third-order valence-corrected chi connectivity index (χ3v) is 2.68. The Balaban J connectivity index is 2.85. The van der Waals surface area contributed by atoms with E-state index < -0.39 is 0 Å². The number of oxime groups is 1. The van der Waals surface area contributed by atoms with Gasteiger partial charge >= 0.3 is 0 Å². The molecule has 0 aliphatic rings. The summed E-state index contributed by atoms with van der Waals surface area (Å²) < 4.78 is 0.904. The van der Waals surface area contributed by atoms with Crippen molar-refractivity contribution in [3.63, 3.8) is 0 Å². The van der Waals surface area contributed by atoms with Crippen molar-refractivity contribution in [3.8, 4) is 0 Å². The van der Waals surface area contributed by atoms with Crippen molar-refractivity contribution < 1.29 is 5.21 Å². The maximum Gasteiger partial charge on any atom is 0.161 e. The summed E-state index contributed by atoms with van der Waals surface area (Å²) in [6, 6.07) is 5.12. The van der Waals surface area contributed by atoms with Gasteiger partial charge in [-0.25, -0.2) is 0 Å². The number of hydrogen-bond acceptors (Lipinski definition) is 3. The van der Waals surface area contributed by atoms with E-state index in [4.69, 9.17) is 22.5 Å². The fourth-order valence-electron chi connectivity index (χ4n) is 1.00. The third kappa shape index (κ3) is 3.28. The summed E-state index contributed by atoms with van der Waals surface area (Å²) in [5.74, 6) is 0.103. The van der Waals surface area contributed by atoms with Crippen molar-refractivity contribution in [1.29, 1.82) is 0 Å². The van der Waals surface area contributed by atoms with Gasteiger partial charge in [0.15, 0.2) is 5.84 Å². The topological polar surface area (TPSA) is 70.6 Å². The van der Waals surface area contributed by atoms with Crippen LogP contribution in [0.25, 0.3) is 0 Å². The van der Waals surface area contributed by atoms with Crippen molar-refractivity contribution in [3.05, 3.63) is 27.7 Å². The Hall–Kier alpha value is -0.940. The molecule has 0 spiro atoms. The van der Waals surface area contributed by atoms with E-state index >= 15 is 0 Å². The Labute approximate surface area is 101 Å². The van der Waals surface area contributed by atoms with Gasteiger partial charge in [0.25, 0.3) is 0 Å². The molecule has 1 unspecified atom stereocenters. The lowest BCUT2D eigenvalue weighted by atomic mass is 10.2. The second-order valence-electron chi connectivity index (χ2n) is 3.02. The number of rotatable bonds is 3. The molecule has 0 bridgehead atoms. The molecule has 0 radical (unpaired) electrons. The van der Waals surface area contributed by atoms with Gasteiger partial charge in [-0.15, -0.1) is 0 Å². The molecule has 4 N–H and O–H groups in total. The third-order valence-electron chi connectivity index (χ3n) is 1.86. The molecule has 15 heavy (non-hydrogen) atoms. The summed E-state index contributed by atoms with van der Waals surface area (Å²) in [6.07, 6.45) is 0. The average Bonchev–Trinajstić information content (AvgIpc) is 2.22. The van der Waals surface area contributed by atoms with E-state index in [1.54, 1.807) is 13.0 Å². The van der Waals surface area contributed by atoms with Gasteiger partial charge in [-0.3, -0.25) is 0 Å². The molecule has 0 heterocycles. The number of nitrogens with zero attached hydrogens (tertiary/aromatic N) is 1. The molecular formula is C9H11BrClN3O. The highest BCUT2D eigenvalue weighted by Gasteiger charge is 2.09. The molecule has 0 saturated carbocycles. The normalized spacial score (nSPS) is 13.7. The zero-order valence-electron chi connectivity index (χ0n) is 8.04. The Kier molecular flexibility index (Phi) is 4.23. The first-order valence-electron chi connectivity index (χ1n) is 4.23. The Morgan fingerprint density at radius 3 is 2.93 bits per heavy atom. The van der Waals surface area contributed by atoms with E-state index in [1.165, 1.54) is 0 Å². The van der Waals surface area contributed by atoms with Gasteiger partial charge in [0, 0.05) is 4.47 Å². The standard InChI is InChI=1S/C9H11BrClN3O/c1-5(9(12)14-15)13-8-4-6(10)2-3-7(8)11/h2-5,13,15H,1H3,(H2,12,14). The second-order valence-corrected chi connectivity index (χ2v) is 4.34. The van der Waals surface area contributed by atoms with E-state index in [0.717, 1.165) is 10.2 Å². The zero-order valence-corrected chi connectivity index (χ0v) is 10.4. The molecule has 1 rings (SSSR count). The van der Waals surface area contributed by atoms with Crippen molar-refractivity contribution in [2.45, 2.75) is 13.0 Å². The molecule has 82 valence electrons. The van der Waals surface area contributed by atoms with E-state index in [1.807, 2.05) is 12.1 Å². The molecule has 0 aliphatic carbocycles. The molecule has 1 aromatic carbocycles. The number of nitrogens with one attached hydrogen (secondary N) is 1. The average molecular weight is 293 g/mol. The SMILES string of the molecule is CC(Nc1cc(Br)ccc1Cl)C(N)=NO. The molecule has 6 heteroatoms. The molecule has 0 aromatic heterocycles. The fourth-order valence-corrected chi connectivity index (χ4v) is 1.54. The molecule has 1 aromatic rings.